The molecule has 18 heavy (non-hydrogen) atoms. The average Bonchev–Trinajstić information content (AvgIpc) is 2.81. The molecule has 1 heterocycles. The number of hydrogen-bond acceptors (Lipinski definition) is 3. The molecule has 0 atom stereocenters. The Bertz CT molecular complexity index is 527. The topological polar surface area (TPSA) is 38.1 Å². The monoisotopic (exact) mass is 376 g/mol. The molecule has 0 saturated carbocycles. The second kappa shape index (κ2) is 6.54. The summed E-state index contributed by atoms with van der Waals surface area (Å²) in [5, 5.41) is 3.96. The van der Waals surface area contributed by atoms with Crippen LogP contribution in [0.1, 0.15) is 19.2 Å². The summed E-state index contributed by atoms with van der Waals surface area (Å²) in [5.41, 5.74) is 0.984. The minimum Gasteiger partial charge on any atom is -0.439 e. The second-order valence-electron chi connectivity index (χ2n) is 3.92. The maximum Gasteiger partial charge on any atom is 0.208 e. The molecule has 0 aliphatic carbocycles. The number of hydrogen-bond donors (Lipinski definition) is 1. The Kier molecular flexibility index (Phi) is 5.03. The van der Waals surface area contributed by atoms with Gasteiger partial charge in [0.05, 0.1) is 12.7 Å². The summed E-state index contributed by atoms with van der Waals surface area (Å²) in [4.78, 5) is 4.26. The van der Waals surface area contributed by atoms with Crippen LogP contribution in [0.5, 0.6) is 0 Å². The van der Waals surface area contributed by atoms with E-state index in [1.807, 2.05) is 18.2 Å². The number of benzene rings is 1. The third-order valence-electron chi connectivity index (χ3n) is 2.45. The molecule has 96 valence electrons. The Morgan fingerprint density at radius 2 is 2.28 bits per heavy atom. The van der Waals surface area contributed by atoms with E-state index in [0.29, 0.717) is 17.5 Å². The highest BCUT2D eigenvalue weighted by molar-refractivity contribution is 14.1. The molecular formula is C13H14ClIN2O. The van der Waals surface area contributed by atoms with E-state index in [9.17, 15) is 0 Å². The van der Waals surface area contributed by atoms with Crippen LogP contribution in [0.4, 0.5) is 0 Å². The van der Waals surface area contributed by atoms with Crippen molar-refractivity contribution in [1.82, 2.24) is 10.3 Å². The van der Waals surface area contributed by atoms with Gasteiger partial charge in [0.2, 0.25) is 5.89 Å². The Hall–Kier alpha value is -0.590. The maximum absolute atomic E-state index is 6.00. The summed E-state index contributed by atoms with van der Waals surface area (Å²) in [6, 6.07) is 5.73. The van der Waals surface area contributed by atoms with Crippen LogP contribution in [-0.2, 0) is 6.54 Å². The third-order valence-corrected chi connectivity index (χ3v) is 3.63. The number of rotatable bonds is 5. The number of nitrogens with zero attached hydrogens (tertiary/aromatic N) is 1. The molecule has 0 bridgehead atoms. The number of halogens is 2. The van der Waals surface area contributed by atoms with E-state index in [4.69, 9.17) is 16.0 Å². The first-order valence-corrected chi connectivity index (χ1v) is 7.27. The molecule has 0 saturated heterocycles. The predicted octanol–water partition coefficient (Wildman–Crippen LogP) is 4.10. The normalized spacial score (nSPS) is 10.8. The Morgan fingerprint density at radius 1 is 1.44 bits per heavy atom. The SMILES string of the molecule is CCCNCc1ncc(-c2cc(Cl)ccc2I)o1. The van der Waals surface area contributed by atoms with Crippen molar-refractivity contribution in [3.05, 3.63) is 38.9 Å². The van der Waals surface area contributed by atoms with Gasteiger partial charge >= 0.3 is 0 Å². The van der Waals surface area contributed by atoms with Crippen LogP contribution in [0, 0.1) is 3.57 Å². The van der Waals surface area contributed by atoms with Crippen molar-refractivity contribution in [2.45, 2.75) is 19.9 Å². The van der Waals surface area contributed by atoms with Crippen LogP contribution >= 0.6 is 34.2 Å². The van der Waals surface area contributed by atoms with Gasteiger partial charge in [-0.2, -0.15) is 0 Å². The van der Waals surface area contributed by atoms with Crippen molar-refractivity contribution in [2.75, 3.05) is 6.54 Å². The molecule has 1 aromatic carbocycles. The van der Waals surface area contributed by atoms with Crippen LogP contribution in [0.2, 0.25) is 5.02 Å². The highest BCUT2D eigenvalue weighted by atomic mass is 127. The minimum atomic E-state index is 0.658. The van der Waals surface area contributed by atoms with E-state index in [-0.39, 0.29) is 0 Å². The largest absolute Gasteiger partial charge is 0.439 e. The maximum atomic E-state index is 6.00. The molecule has 3 nitrogen and oxygen atoms in total. The number of nitrogens with one attached hydrogen (secondary N) is 1. The summed E-state index contributed by atoms with van der Waals surface area (Å²) in [7, 11) is 0. The quantitative estimate of drug-likeness (QED) is 0.631. The van der Waals surface area contributed by atoms with Crippen LogP contribution < -0.4 is 5.32 Å². The van der Waals surface area contributed by atoms with Crippen molar-refractivity contribution in [1.29, 1.82) is 0 Å². The van der Waals surface area contributed by atoms with Gasteiger partial charge in [-0.1, -0.05) is 18.5 Å². The van der Waals surface area contributed by atoms with E-state index in [2.05, 4.69) is 39.8 Å². The summed E-state index contributed by atoms with van der Waals surface area (Å²) in [6.07, 6.45) is 2.84. The molecule has 5 heteroatoms. The van der Waals surface area contributed by atoms with E-state index < -0.39 is 0 Å². The van der Waals surface area contributed by atoms with Crippen LogP contribution in [-0.4, -0.2) is 11.5 Å². The van der Waals surface area contributed by atoms with Gasteiger partial charge in [0.15, 0.2) is 5.76 Å². The fourth-order valence-corrected chi connectivity index (χ4v) is 2.35. The Morgan fingerprint density at radius 3 is 3.06 bits per heavy atom. The molecule has 0 fully saturated rings. The van der Waals surface area contributed by atoms with Crippen molar-refractivity contribution >= 4 is 34.2 Å². The van der Waals surface area contributed by atoms with Gasteiger partial charge in [0.1, 0.15) is 0 Å². The third kappa shape index (κ3) is 3.46. The van der Waals surface area contributed by atoms with E-state index in [1.54, 1.807) is 6.20 Å². The van der Waals surface area contributed by atoms with Crippen molar-refractivity contribution in [2.24, 2.45) is 0 Å². The molecule has 0 aliphatic heterocycles. The van der Waals surface area contributed by atoms with Gasteiger partial charge in [-0.15, -0.1) is 0 Å². The highest BCUT2D eigenvalue weighted by Gasteiger charge is 2.10. The van der Waals surface area contributed by atoms with Crippen LogP contribution in [0.15, 0.2) is 28.8 Å². The Balaban J connectivity index is 2.16. The minimum absolute atomic E-state index is 0.658. The number of oxazole rings is 1. The van der Waals surface area contributed by atoms with Gasteiger partial charge in [-0.25, -0.2) is 4.98 Å². The van der Waals surface area contributed by atoms with E-state index in [1.165, 1.54) is 0 Å². The zero-order chi connectivity index (χ0) is 13.0. The van der Waals surface area contributed by atoms with E-state index >= 15 is 0 Å². The lowest BCUT2D eigenvalue weighted by Gasteiger charge is -2.01. The first-order chi connectivity index (χ1) is 8.70. The summed E-state index contributed by atoms with van der Waals surface area (Å²) in [6.45, 7) is 3.75. The summed E-state index contributed by atoms with van der Waals surface area (Å²) >= 11 is 8.26. The first kappa shape index (κ1) is 13.8. The average molecular weight is 377 g/mol. The van der Waals surface area contributed by atoms with Crippen molar-refractivity contribution in [3.8, 4) is 11.3 Å². The van der Waals surface area contributed by atoms with Gasteiger partial charge in [-0.05, 0) is 53.8 Å². The summed E-state index contributed by atoms with van der Waals surface area (Å²) in [5.74, 6) is 1.46. The molecule has 2 aromatic rings. The molecule has 2 rings (SSSR count). The molecule has 0 spiro atoms. The molecule has 0 radical (unpaired) electrons. The van der Waals surface area contributed by atoms with E-state index in [0.717, 1.165) is 27.9 Å². The van der Waals surface area contributed by atoms with Gasteiger partial charge in [0, 0.05) is 14.2 Å². The molecule has 1 N–H and O–H groups in total. The van der Waals surface area contributed by atoms with Gasteiger partial charge < -0.3 is 9.73 Å². The number of aromatic nitrogens is 1. The van der Waals surface area contributed by atoms with Crippen LogP contribution in [0.3, 0.4) is 0 Å². The molecular weight excluding hydrogens is 363 g/mol. The molecule has 0 amide bonds. The second-order valence-corrected chi connectivity index (χ2v) is 5.52. The molecule has 1 aromatic heterocycles. The molecule has 0 unspecified atom stereocenters. The molecule has 0 aliphatic rings. The smallest absolute Gasteiger partial charge is 0.208 e. The van der Waals surface area contributed by atoms with Crippen LogP contribution in [0.25, 0.3) is 11.3 Å². The Labute approximate surface area is 125 Å². The zero-order valence-electron chi connectivity index (χ0n) is 10.0. The summed E-state index contributed by atoms with van der Waals surface area (Å²) < 4.78 is 6.81. The van der Waals surface area contributed by atoms with Crippen molar-refractivity contribution < 1.29 is 4.42 Å². The van der Waals surface area contributed by atoms with Crippen molar-refractivity contribution in [3.63, 3.8) is 0 Å². The lowest BCUT2D eigenvalue weighted by Crippen LogP contribution is -2.13. The van der Waals surface area contributed by atoms with Gasteiger partial charge in [0.25, 0.3) is 0 Å². The van der Waals surface area contributed by atoms with Gasteiger partial charge in [-0.3, -0.25) is 0 Å². The zero-order valence-corrected chi connectivity index (χ0v) is 13.0. The predicted molar refractivity (Wildman–Crippen MR) is 81.7 cm³/mol. The standard InChI is InChI=1S/C13H14ClIN2O/c1-2-5-16-8-13-17-7-12(18-13)10-6-9(14)3-4-11(10)15/h3-4,6-7,16H,2,5,8H2,1H3. The lowest BCUT2D eigenvalue weighted by atomic mass is 10.2. The fraction of sp³-hybridized carbons (Fsp3) is 0.308. The highest BCUT2D eigenvalue weighted by Crippen LogP contribution is 2.28. The first-order valence-electron chi connectivity index (χ1n) is 5.81. The fourth-order valence-electron chi connectivity index (χ4n) is 1.57. The lowest BCUT2D eigenvalue weighted by molar-refractivity contribution is 0.477.